The number of benzene rings is 2. The zero-order chi connectivity index (χ0) is 47.6. The SMILES string of the molecule is CC(C)(C)C(NC(=O)COCCN1CCN(c2ccc(C(=O)NC3C(C)(C)C(Oc4ccc(C#N)c(Cl)c4)C3(C)C)cn2)CC1)C(=O)N1C[C@H](O)C[C@H]1C(=O)NCc1ccc(C2CC2)cc1. The number of likely N-dealkylation sites (tertiary alicyclic amines) is 1. The first-order valence-electron chi connectivity index (χ1n) is 23.1. The monoisotopic (exact) mass is 924 g/mol. The molecule has 3 aromatic rings. The average molecular weight is 926 g/mol. The van der Waals surface area contributed by atoms with Gasteiger partial charge in [-0.1, -0.05) is 84.3 Å². The van der Waals surface area contributed by atoms with E-state index in [1.54, 1.807) is 30.5 Å². The van der Waals surface area contributed by atoms with Crippen molar-refractivity contribution in [3.05, 3.63) is 88.1 Å². The Balaban J connectivity index is 0.820. The minimum absolute atomic E-state index is 0.00762. The Bertz CT molecular complexity index is 2260. The van der Waals surface area contributed by atoms with E-state index in [4.69, 9.17) is 21.1 Å². The molecule has 3 heterocycles. The number of ether oxygens (including phenoxy) is 2. The number of aliphatic hydroxyl groups is 1. The van der Waals surface area contributed by atoms with Crippen molar-refractivity contribution < 1.29 is 33.8 Å². The number of amides is 4. The molecule has 4 amide bonds. The molecule has 2 aliphatic heterocycles. The molecule has 66 heavy (non-hydrogen) atoms. The number of carbonyl (C=O) groups is 4. The molecule has 7 rings (SSSR count). The lowest BCUT2D eigenvalue weighted by Crippen LogP contribution is -2.74. The van der Waals surface area contributed by atoms with Crippen molar-refractivity contribution in [3.8, 4) is 11.8 Å². The summed E-state index contributed by atoms with van der Waals surface area (Å²) < 4.78 is 12.1. The van der Waals surface area contributed by atoms with Crippen molar-refractivity contribution in [1.29, 1.82) is 5.26 Å². The van der Waals surface area contributed by atoms with Gasteiger partial charge in [-0.3, -0.25) is 24.1 Å². The summed E-state index contributed by atoms with van der Waals surface area (Å²) in [5.41, 5.74) is 1.66. The highest BCUT2D eigenvalue weighted by Crippen LogP contribution is 2.55. The van der Waals surface area contributed by atoms with E-state index >= 15 is 0 Å². The number of anilines is 1. The van der Waals surface area contributed by atoms with Crippen LogP contribution in [0.3, 0.4) is 0 Å². The Kier molecular flexibility index (Phi) is 14.7. The van der Waals surface area contributed by atoms with E-state index in [0.717, 1.165) is 37.6 Å². The second-order valence-corrected chi connectivity index (χ2v) is 21.0. The van der Waals surface area contributed by atoms with Crippen LogP contribution in [0.15, 0.2) is 60.8 Å². The fourth-order valence-corrected chi connectivity index (χ4v) is 10.2. The van der Waals surface area contributed by atoms with Crippen LogP contribution in [-0.2, 0) is 25.7 Å². The van der Waals surface area contributed by atoms with Gasteiger partial charge in [0.15, 0.2) is 0 Å². The van der Waals surface area contributed by atoms with E-state index in [-0.39, 0.29) is 43.5 Å². The number of aliphatic hydroxyl groups excluding tert-OH is 1. The molecule has 4 fully saturated rings. The molecule has 2 saturated heterocycles. The van der Waals surface area contributed by atoms with Gasteiger partial charge in [0.25, 0.3) is 5.91 Å². The van der Waals surface area contributed by atoms with E-state index in [2.05, 4.69) is 76.6 Å². The highest BCUT2D eigenvalue weighted by atomic mass is 35.5. The second kappa shape index (κ2) is 19.9. The number of nitriles is 1. The van der Waals surface area contributed by atoms with Crippen molar-refractivity contribution in [2.24, 2.45) is 16.2 Å². The van der Waals surface area contributed by atoms with Crippen LogP contribution in [0, 0.1) is 27.6 Å². The fourth-order valence-electron chi connectivity index (χ4n) is 10.0. The molecule has 16 heteroatoms. The van der Waals surface area contributed by atoms with Gasteiger partial charge in [-0.05, 0) is 59.6 Å². The first kappa shape index (κ1) is 48.7. The van der Waals surface area contributed by atoms with E-state index in [0.29, 0.717) is 47.5 Å². The molecule has 0 spiro atoms. The fraction of sp³-hybridized carbons (Fsp3) is 0.560. The zero-order valence-electron chi connectivity index (χ0n) is 39.2. The molecule has 3 atom stereocenters. The highest BCUT2D eigenvalue weighted by molar-refractivity contribution is 6.31. The summed E-state index contributed by atoms with van der Waals surface area (Å²) in [7, 11) is 0. The molecular formula is C50H65ClN8O7. The number of halogens is 1. The van der Waals surface area contributed by atoms with Gasteiger partial charge in [-0.2, -0.15) is 5.26 Å². The number of hydrogen-bond donors (Lipinski definition) is 4. The van der Waals surface area contributed by atoms with Gasteiger partial charge in [0.2, 0.25) is 17.7 Å². The van der Waals surface area contributed by atoms with Gasteiger partial charge in [0.05, 0.1) is 28.9 Å². The minimum atomic E-state index is -0.938. The molecule has 2 saturated carbocycles. The summed E-state index contributed by atoms with van der Waals surface area (Å²) in [5, 5.41) is 29.1. The number of aromatic nitrogens is 1. The van der Waals surface area contributed by atoms with E-state index < -0.39 is 46.2 Å². The van der Waals surface area contributed by atoms with Gasteiger partial charge < -0.3 is 40.3 Å². The molecule has 4 aliphatic rings. The Labute approximate surface area is 393 Å². The number of carbonyl (C=O) groups excluding carboxylic acids is 4. The standard InChI is InChI=1S/C50H65ClN8O7/c1-48(2,3)42(45(64)59-29-36(60)24-39(59)44(63)54-27-31-8-10-32(11-9-31)33-12-13-33)55-41(61)30-65-23-22-57-18-20-58(21-19-57)40-17-15-35(28-53-40)43(62)56-46-49(4,5)47(50(46,6)7)66-37-16-14-34(26-52)38(51)25-37/h8-11,14-17,25,28,33,36,39,42,46-47,60H,12-13,18-24,27,29-30H2,1-7H3,(H,54,63)(H,55,61)(H,56,62)/t36-,39+,42?,46?,47?/m1/s1. The number of piperazine rings is 1. The highest BCUT2D eigenvalue weighted by Gasteiger charge is 2.64. The lowest BCUT2D eigenvalue weighted by atomic mass is 9.49. The summed E-state index contributed by atoms with van der Waals surface area (Å²) in [4.78, 5) is 64.5. The quantitative estimate of drug-likeness (QED) is 0.141. The molecule has 4 N–H and O–H groups in total. The normalized spacial score (nSPS) is 23.0. The van der Waals surface area contributed by atoms with Gasteiger partial charge in [-0.25, -0.2) is 4.98 Å². The van der Waals surface area contributed by atoms with Crippen molar-refractivity contribution in [2.45, 2.75) is 111 Å². The van der Waals surface area contributed by atoms with Crippen LogP contribution >= 0.6 is 11.6 Å². The predicted molar refractivity (Wildman–Crippen MR) is 251 cm³/mol. The molecule has 1 unspecified atom stereocenters. The molecule has 15 nitrogen and oxygen atoms in total. The van der Waals surface area contributed by atoms with E-state index in [1.807, 2.05) is 39.0 Å². The van der Waals surface area contributed by atoms with Gasteiger partial charge in [0.1, 0.15) is 42.4 Å². The third-order valence-electron chi connectivity index (χ3n) is 13.7. The molecule has 2 aromatic carbocycles. The van der Waals surface area contributed by atoms with Crippen molar-refractivity contribution in [1.82, 2.24) is 30.7 Å². The summed E-state index contributed by atoms with van der Waals surface area (Å²) in [6.45, 7) is 17.8. The summed E-state index contributed by atoms with van der Waals surface area (Å²) >= 11 is 6.25. The number of hydrogen-bond acceptors (Lipinski definition) is 11. The first-order valence-corrected chi connectivity index (χ1v) is 23.5. The second-order valence-electron chi connectivity index (χ2n) is 20.6. The number of β-amino-alcohol motifs (C(OH)–C–C–N with tert-alkyl or cyclic N) is 1. The summed E-state index contributed by atoms with van der Waals surface area (Å²) in [6.07, 6.45) is 3.11. The largest absolute Gasteiger partial charge is 0.489 e. The van der Waals surface area contributed by atoms with Crippen LogP contribution in [0.4, 0.5) is 5.82 Å². The predicted octanol–water partition coefficient (Wildman–Crippen LogP) is 5.04. The van der Waals surface area contributed by atoms with Crippen molar-refractivity contribution in [2.75, 3.05) is 57.4 Å². The third kappa shape index (κ3) is 11.1. The molecule has 2 aliphatic carbocycles. The Morgan fingerprint density at radius 1 is 0.985 bits per heavy atom. The maximum atomic E-state index is 14.0. The maximum Gasteiger partial charge on any atom is 0.253 e. The lowest BCUT2D eigenvalue weighted by molar-refractivity contribution is -0.164. The molecule has 1 aromatic heterocycles. The number of rotatable bonds is 16. The molecule has 354 valence electrons. The van der Waals surface area contributed by atoms with Crippen LogP contribution in [0.25, 0.3) is 0 Å². The summed E-state index contributed by atoms with van der Waals surface area (Å²) in [5.74, 6) is 0.608. The molecule has 0 radical (unpaired) electrons. The third-order valence-corrected chi connectivity index (χ3v) is 14.0. The average Bonchev–Trinajstić information content (AvgIpc) is 4.07. The lowest BCUT2D eigenvalue weighted by Gasteiger charge is -2.63. The van der Waals surface area contributed by atoms with Crippen LogP contribution in [0.1, 0.15) is 101 Å². The molecular weight excluding hydrogens is 860 g/mol. The zero-order valence-corrected chi connectivity index (χ0v) is 40.0. The van der Waals surface area contributed by atoms with Crippen LogP contribution in [0.2, 0.25) is 5.02 Å². The minimum Gasteiger partial charge on any atom is -0.489 e. The van der Waals surface area contributed by atoms with Crippen molar-refractivity contribution >= 4 is 41.0 Å². The Hall–Kier alpha value is -5.27. The molecule has 0 bridgehead atoms. The Morgan fingerprint density at radius 3 is 2.29 bits per heavy atom. The topological polar surface area (TPSA) is 189 Å². The maximum absolute atomic E-state index is 14.0. The number of pyridine rings is 1. The Morgan fingerprint density at radius 2 is 1.68 bits per heavy atom. The van der Waals surface area contributed by atoms with Gasteiger partial charge >= 0.3 is 0 Å². The number of nitrogens with one attached hydrogen (secondary N) is 3. The van der Waals surface area contributed by atoms with Crippen LogP contribution in [-0.4, -0.2) is 126 Å². The van der Waals surface area contributed by atoms with Crippen molar-refractivity contribution in [3.63, 3.8) is 0 Å². The van der Waals surface area contributed by atoms with Gasteiger partial charge in [0, 0.05) is 81.4 Å². The van der Waals surface area contributed by atoms with Gasteiger partial charge in [-0.15, -0.1) is 0 Å². The first-order chi connectivity index (χ1) is 31.3. The van der Waals surface area contributed by atoms with Crippen LogP contribution < -0.4 is 25.6 Å². The number of nitrogens with zero attached hydrogens (tertiary/aromatic N) is 5. The van der Waals surface area contributed by atoms with Crippen LogP contribution in [0.5, 0.6) is 5.75 Å². The summed E-state index contributed by atoms with van der Waals surface area (Å²) in [6, 6.07) is 17.0. The smallest absolute Gasteiger partial charge is 0.253 e. The van der Waals surface area contributed by atoms with E-state index in [1.165, 1.54) is 23.3 Å². The van der Waals surface area contributed by atoms with E-state index in [9.17, 15) is 29.5 Å².